The number of hydrogen-bond acceptors (Lipinski definition) is 6. The summed E-state index contributed by atoms with van der Waals surface area (Å²) in [6.45, 7) is -2.57. The summed E-state index contributed by atoms with van der Waals surface area (Å²) in [5.41, 5.74) is 0.227. The molecule has 1 aliphatic rings. The molecule has 1 N–H and O–H groups in total. The summed E-state index contributed by atoms with van der Waals surface area (Å²) in [6, 6.07) is 4.65. The van der Waals surface area contributed by atoms with Crippen LogP contribution in [0.25, 0.3) is 0 Å². The summed E-state index contributed by atoms with van der Waals surface area (Å²) >= 11 is 1.60. The summed E-state index contributed by atoms with van der Waals surface area (Å²) in [5.74, 6) is 0.550. The number of alkyl halides is 2. The van der Waals surface area contributed by atoms with Crippen LogP contribution in [0.15, 0.2) is 23.4 Å². The van der Waals surface area contributed by atoms with Crippen molar-refractivity contribution in [3.8, 4) is 11.5 Å². The Kier molecular flexibility index (Phi) is 7.89. The zero-order valence-electron chi connectivity index (χ0n) is 17.1. The van der Waals surface area contributed by atoms with Gasteiger partial charge in [0, 0.05) is 24.6 Å². The monoisotopic (exact) mass is 440 g/mol. The Morgan fingerprint density at radius 1 is 1.30 bits per heavy atom. The van der Waals surface area contributed by atoms with E-state index in [1.807, 2.05) is 6.26 Å². The zero-order valence-corrected chi connectivity index (χ0v) is 17.9. The van der Waals surface area contributed by atoms with Crippen LogP contribution in [-0.4, -0.2) is 47.2 Å². The van der Waals surface area contributed by atoms with Crippen LogP contribution in [0.4, 0.5) is 8.78 Å². The highest BCUT2D eigenvalue weighted by Gasteiger charge is 2.23. The van der Waals surface area contributed by atoms with Gasteiger partial charge in [0.2, 0.25) is 0 Å². The third kappa shape index (κ3) is 5.41. The van der Waals surface area contributed by atoms with Gasteiger partial charge in [-0.2, -0.15) is 8.78 Å². The fraction of sp³-hybridized carbons (Fsp3) is 0.550. The van der Waals surface area contributed by atoms with Gasteiger partial charge in [-0.05, 0) is 43.7 Å². The molecular formula is C20H26F2N4O3S. The molecular weight excluding hydrogens is 414 g/mol. The maximum Gasteiger partial charge on any atom is 0.387 e. The molecule has 1 aliphatic carbocycles. The van der Waals surface area contributed by atoms with E-state index in [1.54, 1.807) is 11.8 Å². The molecule has 1 aromatic carbocycles. The van der Waals surface area contributed by atoms with Crippen molar-refractivity contribution in [3.05, 3.63) is 29.6 Å². The zero-order chi connectivity index (χ0) is 21.5. The number of aryl methyl sites for hydroxylation is 1. The summed E-state index contributed by atoms with van der Waals surface area (Å²) in [7, 11) is 1.35. The van der Waals surface area contributed by atoms with Crippen LogP contribution >= 0.6 is 11.8 Å². The Bertz CT molecular complexity index is 857. The van der Waals surface area contributed by atoms with Crippen molar-refractivity contribution in [2.24, 2.45) is 0 Å². The quantitative estimate of drug-likeness (QED) is 0.443. The van der Waals surface area contributed by atoms with Gasteiger partial charge in [0.05, 0.1) is 7.11 Å². The molecule has 1 fully saturated rings. The number of aromatic nitrogens is 3. The van der Waals surface area contributed by atoms with Gasteiger partial charge in [-0.1, -0.05) is 24.6 Å². The van der Waals surface area contributed by atoms with Crippen molar-refractivity contribution < 1.29 is 23.0 Å². The molecule has 0 unspecified atom stereocenters. The summed E-state index contributed by atoms with van der Waals surface area (Å²) in [5, 5.41) is 12.4. The maximum atomic E-state index is 12.6. The minimum absolute atomic E-state index is 0.141. The lowest BCUT2D eigenvalue weighted by Crippen LogP contribution is -2.25. The number of carbonyl (C=O) groups excluding carboxylic acids is 1. The first-order chi connectivity index (χ1) is 14.5. The molecule has 7 nitrogen and oxygen atoms in total. The van der Waals surface area contributed by atoms with Gasteiger partial charge >= 0.3 is 6.61 Å². The number of nitrogens with zero attached hydrogens (tertiary/aromatic N) is 3. The lowest BCUT2D eigenvalue weighted by Gasteiger charge is -2.16. The van der Waals surface area contributed by atoms with Gasteiger partial charge in [-0.15, -0.1) is 10.2 Å². The molecule has 0 aliphatic heterocycles. The number of hydrogen-bond donors (Lipinski definition) is 1. The normalized spacial score (nSPS) is 14.3. The minimum Gasteiger partial charge on any atom is -0.493 e. The first kappa shape index (κ1) is 22.3. The second kappa shape index (κ2) is 10.6. The summed E-state index contributed by atoms with van der Waals surface area (Å²) in [6.07, 6.45) is 8.15. The number of halogens is 2. The van der Waals surface area contributed by atoms with E-state index in [4.69, 9.17) is 4.74 Å². The number of ether oxygens (including phenoxy) is 2. The van der Waals surface area contributed by atoms with E-state index in [1.165, 1.54) is 38.2 Å². The SMILES string of the molecule is COc1ccc(C(=O)NCCCc2nnc(SC)n2C2CCCC2)cc1OC(F)F. The molecule has 30 heavy (non-hydrogen) atoms. The van der Waals surface area contributed by atoms with Crippen molar-refractivity contribution in [1.82, 2.24) is 20.1 Å². The van der Waals surface area contributed by atoms with Crippen LogP contribution in [0.3, 0.4) is 0 Å². The predicted molar refractivity (Wildman–Crippen MR) is 110 cm³/mol. The molecule has 1 aromatic heterocycles. The highest BCUT2D eigenvalue weighted by atomic mass is 32.2. The first-order valence-electron chi connectivity index (χ1n) is 9.92. The Morgan fingerprint density at radius 3 is 2.73 bits per heavy atom. The molecule has 0 spiro atoms. The average molecular weight is 441 g/mol. The number of amides is 1. The number of benzene rings is 1. The second-order valence-corrected chi connectivity index (χ2v) is 7.79. The Morgan fingerprint density at radius 2 is 2.07 bits per heavy atom. The number of rotatable bonds is 10. The smallest absolute Gasteiger partial charge is 0.387 e. The van der Waals surface area contributed by atoms with Gasteiger partial charge in [0.25, 0.3) is 5.91 Å². The fourth-order valence-electron chi connectivity index (χ4n) is 3.70. The van der Waals surface area contributed by atoms with Crippen molar-refractivity contribution in [2.75, 3.05) is 19.9 Å². The highest BCUT2D eigenvalue weighted by molar-refractivity contribution is 7.98. The molecule has 10 heteroatoms. The van der Waals surface area contributed by atoms with E-state index in [-0.39, 0.29) is 23.0 Å². The fourth-order valence-corrected chi connectivity index (χ4v) is 4.28. The van der Waals surface area contributed by atoms with Gasteiger partial charge in [0.1, 0.15) is 5.82 Å². The maximum absolute atomic E-state index is 12.6. The van der Waals surface area contributed by atoms with Crippen LogP contribution < -0.4 is 14.8 Å². The molecule has 0 radical (unpaired) electrons. The second-order valence-electron chi connectivity index (χ2n) is 7.01. The van der Waals surface area contributed by atoms with Crippen molar-refractivity contribution >= 4 is 17.7 Å². The average Bonchev–Trinajstić information content (AvgIpc) is 3.39. The molecule has 0 saturated heterocycles. The van der Waals surface area contributed by atoms with E-state index in [0.717, 1.165) is 23.8 Å². The number of thioether (sulfide) groups is 1. The van der Waals surface area contributed by atoms with Crippen molar-refractivity contribution in [2.45, 2.75) is 56.3 Å². The molecule has 0 atom stereocenters. The van der Waals surface area contributed by atoms with Crippen molar-refractivity contribution in [3.63, 3.8) is 0 Å². The molecule has 2 aromatic rings. The van der Waals surface area contributed by atoms with Gasteiger partial charge in [0.15, 0.2) is 16.7 Å². The van der Waals surface area contributed by atoms with Gasteiger partial charge in [-0.25, -0.2) is 0 Å². The molecule has 164 valence electrons. The standard InChI is InChI=1S/C20H26F2N4O3S/c1-28-15-10-9-13(12-16(15)29-19(21)22)18(27)23-11-5-8-17-24-25-20(30-2)26(17)14-6-3-4-7-14/h9-10,12,14,19H,3-8,11H2,1-2H3,(H,23,27). The predicted octanol–water partition coefficient (Wildman–Crippen LogP) is 4.09. The van der Waals surface area contributed by atoms with Gasteiger partial charge in [-0.3, -0.25) is 4.79 Å². The highest BCUT2D eigenvalue weighted by Crippen LogP contribution is 2.33. The molecule has 1 amide bonds. The van der Waals surface area contributed by atoms with Crippen LogP contribution in [-0.2, 0) is 6.42 Å². The largest absolute Gasteiger partial charge is 0.493 e. The molecule has 3 rings (SSSR count). The lowest BCUT2D eigenvalue weighted by molar-refractivity contribution is -0.0512. The van der Waals surface area contributed by atoms with Gasteiger partial charge < -0.3 is 19.4 Å². The third-order valence-corrected chi connectivity index (χ3v) is 5.76. The summed E-state index contributed by atoms with van der Waals surface area (Å²) in [4.78, 5) is 12.4. The van der Waals surface area contributed by atoms with E-state index in [0.29, 0.717) is 25.4 Å². The molecule has 1 heterocycles. The first-order valence-corrected chi connectivity index (χ1v) is 11.1. The topological polar surface area (TPSA) is 78.3 Å². The van der Waals surface area contributed by atoms with Crippen LogP contribution in [0.5, 0.6) is 11.5 Å². The van der Waals surface area contributed by atoms with E-state index < -0.39 is 6.61 Å². The van der Waals surface area contributed by atoms with Crippen LogP contribution in [0.2, 0.25) is 0 Å². The number of carbonyl (C=O) groups is 1. The van der Waals surface area contributed by atoms with Crippen LogP contribution in [0.1, 0.15) is 54.3 Å². The number of methoxy groups -OCH3 is 1. The minimum atomic E-state index is -3.00. The number of nitrogens with one attached hydrogen (secondary N) is 1. The Hall–Kier alpha value is -2.36. The lowest BCUT2D eigenvalue weighted by atomic mass is 10.2. The van der Waals surface area contributed by atoms with E-state index in [2.05, 4.69) is 24.8 Å². The summed E-state index contributed by atoms with van der Waals surface area (Å²) < 4.78 is 36.8. The molecule has 1 saturated carbocycles. The Balaban J connectivity index is 1.56. The van der Waals surface area contributed by atoms with Crippen LogP contribution in [0, 0.1) is 0 Å². The van der Waals surface area contributed by atoms with Crippen molar-refractivity contribution in [1.29, 1.82) is 0 Å². The Labute approximate surface area is 178 Å². The van der Waals surface area contributed by atoms with E-state index in [9.17, 15) is 13.6 Å². The van der Waals surface area contributed by atoms with E-state index >= 15 is 0 Å². The molecule has 0 bridgehead atoms. The third-order valence-electron chi connectivity index (χ3n) is 5.11.